The molecule has 1 aromatic rings. The first-order chi connectivity index (χ1) is 6.61. The Kier molecular flexibility index (Phi) is 4.28. The highest BCUT2D eigenvalue weighted by Gasteiger charge is 2.05. The lowest BCUT2D eigenvalue weighted by atomic mass is 10.4. The highest BCUT2D eigenvalue weighted by Crippen LogP contribution is 1.96. The summed E-state index contributed by atoms with van der Waals surface area (Å²) >= 11 is 0. The fraction of sp³-hybridized carbons (Fsp3) is 0.667. The maximum absolute atomic E-state index is 11.1. The van der Waals surface area contributed by atoms with Gasteiger partial charge in [0.1, 0.15) is 0 Å². The minimum Gasteiger partial charge on any atom is -0.310 e. The minimum atomic E-state index is -0.749. The van der Waals surface area contributed by atoms with Crippen molar-refractivity contribution in [1.82, 2.24) is 15.1 Å². The zero-order valence-electron chi connectivity index (χ0n) is 8.86. The maximum Gasteiger partial charge on any atom is 0.0518 e. The van der Waals surface area contributed by atoms with Crippen LogP contribution in [0.3, 0.4) is 0 Å². The molecule has 4 nitrogen and oxygen atoms in total. The topological polar surface area (TPSA) is 46.9 Å². The Hall–Kier alpha value is -0.680. The number of hydrogen-bond donors (Lipinski definition) is 1. The molecule has 0 amide bonds. The average Bonchev–Trinajstić information content (AvgIpc) is 2.51. The van der Waals surface area contributed by atoms with Gasteiger partial charge in [0, 0.05) is 48.6 Å². The van der Waals surface area contributed by atoms with E-state index in [1.165, 1.54) is 0 Å². The van der Waals surface area contributed by atoms with Crippen molar-refractivity contribution in [1.29, 1.82) is 0 Å². The van der Waals surface area contributed by atoms with Gasteiger partial charge in [-0.15, -0.1) is 0 Å². The molecule has 0 aliphatic heterocycles. The normalized spacial score (nSPS) is 15.4. The Labute approximate surface area is 87.2 Å². The molecule has 0 bridgehead atoms. The van der Waals surface area contributed by atoms with Crippen LogP contribution in [0.25, 0.3) is 0 Å². The van der Waals surface area contributed by atoms with E-state index in [9.17, 15) is 4.21 Å². The zero-order chi connectivity index (χ0) is 10.6. The molecular formula is C9H17N3OS. The second-order valence-electron chi connectivity index (χ2n) is 3.39. The highest BCUT2D eigenvalue weighted by molar-refractivity contribution is 7.84. The number of rotatable bonds is 5. The lowest BCUT2D eigenvalue weighted by Gasteiger charge is -2.09. The summed E-state index contributed by atoms with van der Waals surface area (Å²) in [6, 6.07) is 1.97. The molecule has 1 heterocycles. The second kappa shape index (κ2) is 5.26. The van der Waals surface area contributed by atoms with E-state index in [1.807, 2.05) is 24.7 Å². The van der Waals surface area contributed by atoms with Crippen LogP contribution in [0.15, 0.2) is 12.3 Å². The summed E-state index contributed by atoms with van der Waals surface area (Å²) in [5, 5.41) is 7.52. The van der Waals surface area contributed by atoms with E-state index in [4.69, 9.17) is 0 Å². The lowest BCUT2D eigenvalue weighted by molar-refractivity contribution is 0.614. The van der Waals surface area contributed by atoms with Gasteiger partial charge < -0.3 is 5.32 Å². The Bertz CT molecular complexity index is 311. The van der Waals surface area contributed by atoms with E-state index >= 15 is 0 Å². The number of nitrogens with zero attached hydrogens (tertiary/aromatic N) is 2. The number of aryl methyl sites for hydroxylation is 1. The zero-order valence-corrected chi connectivity index (χ0v) is 9.67. The molecule has 0 aromatic carbocycles. The molecule has 80 valence electrons. The molecule has 14 heavy (non-hydrogen) atoms. The second-order valence-corrected chi connectivity index (χ2v) is 5.19. The van der Waals surface area contributed by atoms with Crippen molar-refractivity contribution in [3.05, 3.63) is 18.0 Å². The third-order valence-corrected chi connectivity index (χ3v) is 3.53. The predicted molar refractivity (Wildman–Crippen MR) is 58.4 cm³/mol. The Balaban J connectivity index is 2.29. The van der Waals surface area contributed by atoms with Crippen molar-refractivity contribution in [2.75, 3.05) is 12.8 Å². The molecule has 0 aliphatic carbocycles. The van der Waals surface area contributed by atoms with Crippen LogP contribution in [-0.2, 0) is 24.4 Å². The van der Waals surface area contributed by atoms with Crippen molar-refractivity contribution in [2.45, 2.75) is 18.7 Å². The van der Waals surface area contributed by atoms with Crippen LogP contribution in [0.5, 0.6) is 0 Å². The quantitative estimate of drug-likeness (QED) is 0.767. The first-order valence-electron chi connectivity index (χ1n) is 4.61. The van der Waals surface area contributed by atoms with Crippen LogP contribution in [0.1, 0.15) is 12.6 Å². The molecule has 0 radical (unpaired) electrons. The minimum absolute atomic E-state index is 0.197. The summed E-state index contributed by atoms with van der Waals surface area (Å²) in [6.07, 6.45) is 3.51. The molecule has 0 spiro atoms. The van der Waals surface area contributed by atoms with E-state index < -0.39 is 10.8 Å². The molecule has 2 unspecified atom stereocenters. The van der Waals surface area contributed by atoms with Crippen LogP contribution < -0.4 is 5.32 Å². The summed E-state index contributed by atoms with van der Waals surface area (Å²) < 4.78 is 12.9. The molecule has 1 rings (SSSR count). The van der Waals surface area contributed by atoms with Crippen molar-refractivity contribution >= 4 is 10.8 Å². The summed E-state index contributed by atoms with van der Waals surface area (Å²) in [5.74, 6) is 0. The third-order valence-electron chi connectivity index (χ3n) is 2.23. The fourth-order valence-corrected chi connectivity index (χ4v) is 1.45. The summed E-state index contributed by atoms with van der Waals surface area (Å²) in [4.78, 5) is 0. The van der Waals surface area contributed by atoms with Crippen molar-refractivity contribution < 1.29 is 4.21 Å². The summed E-state index contributed by atoms with van der Waals surface area (Å²) in [7, 11) is 1.17. The molecular weight excluding hydrogens is 198 g/mol. The number of aromatic nitrogens is 2. The molecule has 2 atom stereocenters. The van der Waals surface area contributed by atoms with Crippen molar-refractivity contribution in [2.24, 2.45) is 7.05 Å². The molecule has 5 heteroatoms. The average molecular weight is 215 g/mol. The highest BCUT2D eigenvalue weighted by atomic mass is 32.2. The van der Waals surface area contributed by atoms with Crippen LogP contribution in [0.4, 0.5) is 0 Å². The van der Waals surface area contributed by atoms with Gasteiger partial charge in [0.2, 0.25) is 0 Å². The Morgan fingerprint density at radius 3 is 2.93 bits per heavy atom. The van der Waals surface area contributed by atoms with Crippen LogP contribution in [0, 0.1) is 0 Å². The van der Waals surface area contributed by atoms with Crippen molar-refractivity contribution in [3.8, 4) is 0 Å². The van der Waals surface area contributed by atoms with Gasteiger partial charge in [-0.3, -0.25) is 8.89 Å². The van der Waals surface area contributed by atoms with E-state index in [0.717, 1.165) is 18.8 Å². The van der Waals surface area contributed by atoms with Gasteiger partial charge in [0.25, 0.3) is 0 Å². The van der Waals surface area contributed by atoms with Gasteiger partial charge in [-0.1, -0.05) is 0 Å². The first kappa shape index (κ1) is 11.4. The third kappa shape index (κ3) is 3.23. The standard InChI is InChI=1S/C9H17N3OS/c1-8(14(3)13)6-10-7-9-4-5-11-12(9)2/h4-5,8,10H,6-7H2,1-3H3. The molecule has 0 saturated heterocycles. The van der Waals surface area contributed by atoms with Crippen LogP contribution >= 0.6 is 0 Å². The Morgan fingerprint density at radius 2 is 2.43 bits per heavy atom. The lowest BCUT2D eigenvalue weighted by Crippen LogP contribution is -2.27. The molecule has 0 saturated carbocycles. The molecule has 1 aromatic heterocycles. The van der Waals surface area contributed by atoms with Crippen LogP contribution in [-0.4, -0.2) is 32.0 Å². The maximum atomic E-state index is 11.1. The van der Waals surface area contributed by atoms with Gasteiger partial charge in [-0.2, -0.15) is 5.10 Å². The molecule has 1 N–H and O–H groups in total. The molecule has 0 aliphatic rings. The van der Waals surface area contributed by atoms with Gasteiger partial charge in [-0.25, -0.2) is 0 Å². The largest absolute Gasteiger partial charge is 0.310 e. The van der Waals surface area contributed by atoms with E-state index in [-0.39, 0.29) is 5.25 Å². The SMILES string of the molecule is CC(CNCc1ccnn1C)S(C)=O. The van der Waals surface area contributed by atoms with E-state index in [2.05, 4.69) is 10.4 Å². The molecule has 0 fully saturated rings. The van der Waals surface area contributed by atoms with Crippen LogP contribution in [0.2, 0.25) is 0 Å². The van der Waals surface area contributed by atoms with E-state index in [0.29, 0.717) is 0 Å². The summed E-state index contributed by atoms with van der Waals surface area (Å²) in [5.41, 5.74) is 1.14. The monoisotopic (exact) mass is 215 g/mol. The van der Waals surface area contributed by atoms with Gasteiger partial charge in [0.05, 0.1) is 5.69 Å². The number of nitrogens with one attached hydrogen (secondary N) is 1. The van der Waals surface area contributed by atoms with Gasteiger partial charge in [-0.05, 0) is 13.0 Å². The fourth-order valence-electron chi connectivity index (χ4n) is 1.10. The van der Waals surface area contributed by atoms with Crippen molar-refractivity contribution in [3.63, 3.8) is 0 Å². The summed E-state index contributed by atoms with van der Waals surface area (Å²) in [6.45, 7) is 3.53. The Morgan fingerprint density at radius 1 is 1.71 bits per heavy atom. The number of hydrogen-bond acceptors (Lipinski definition) is 3. The first-order valence-corrected chi connectivity index (χ1v) is 6.23. The smallest absolute Gasteiger partial charge is 0.0518 e. The van der Waals surface area contributed by atoms with Gasteiger partial charge in [0.15, 0.2) is 0 Å². The predicted octanol–water partition coefficient (Wildman–Crippen LogP) is 0.277. The van der Waals surface area contributed by atoms with E-state index in [1.54, 1.807) is 12.5 Å². The van der Waals surface area contributed by atoms with Gasteiger partial charge >= 0.3 is 0 Å².